The van der Waals surface area contributed by atoms with Crippen LogP contribution in [0.5, 0.6) is 5.75 Å². The van der Waals surface area contributed by atoms with Crippen molar-refractivity contribution in [2.45, 2.75) is 18.9 Å². The molecule has 1 amide bonds. The number of hydrogen-bond acceptors (Lipinski definition) is 5. The lowest BCUT2D eigenvalue weighted by molar-refractivity contribution is -0.141. The standard InChI is InChI=1S/C21H21N3O4/c1-27-16-7-5-6-15(11-16)23-12-14(10-19(23)25)21-22-17-8-3-4-9-18(17)24(21)13-20(26)28-2/h3-9,11,14H,10,12-13H2,1-2H3/t14-/m0/s1. The van der Waals surface area contributed by atoms with Crippen LogP contribution in [0.25, 0.3) is 11.0 Å². The molecule has 1 fully saturated rings. The van der Waals surface area contributed by atoms with Crippen LogP contribution in [-0.4, -0.2) is 42.2 Å². The van der Waals surface area contributed by atoms with Crippen molar-refractivity contribution in [2.24, 2.45) is 0 Å². The van der Waals surface area contributed by atoms with Crippen LogP contribution in [0.15, 0.2) is 48.5 Å². The molecule has 1 saturated heterocycles. The van der Waals surface area contributed by atoms with Gasteiger partial charge in [-0.25, -0.2) is 4.98 Å². The van der Waals surface area contributed by atoms with Gasteiger partial charge in [0, 0.05) is 30.6 Å². The molecule has 7 heteroatoms. The first-order chi connectivity index (χ1) is 13.6. The molecule has 1 atom stereocenters. The number of anilines is 1. The number of amides is 1. The summed E-state index contributed by atoms with van der Waals surface area (Å²) >= 11 is 0. The van der Waals surface area contributed by atoms with Gasteiger partial charge in [0.2, 0.25) is 5.91 Å². The van der Waals surface area contributed by atoms with Crippen molar-refractivity contribution < 1.29 is 19.1 Å². The highest BCUT2D eigenvalue weighted by atomic mass is 16.5. The molecule has 1 aliphatic heterocycles. The maximum Gasteiger partial charge on any atom is 0.325 e. The molecule has 7 nitrogen and oxygen atoms in total. The Balaban J connectivity index is 1.69. The third-order valence-corrected chi connectivity index (χ3v) is 5.05. The highest BCUT2D eigenvalue weighted by molar-refractivity contribution is 5.96. The maximum atomic E-state index is 12.7. The molecule has 1 aliphatic rings. The maximum absolute atomic E-state index is 12.7. The predicted octanol–water partition coefficient (Wildman–Crippen LogP) is 2.74. The van der Waals surface area contributed by atoms with E-state index in [1.807, 2.05) is 53.1 Å². The Labute approximate surface area is 162 Å². The summed E-state index contributed by atoms with van der Waals surface area (Å²) < 4.78 is 12.0. The molecule has 2 aromatic carbocycles. The Kier molecular flexibility index (Phi) is 4.73. The molecular weight excluding hydrogens is 358 g/mol. The number of methoxy groups -OCH3 is 2. The highest BCUT2D eigenvalue weighted by Crippen LogP contribution is 2.34. The lowest BCUT2D eigenvalue weighted by Gasteiger charge is -2.18. The molecule has 0 bridgehead atoms. The molecule has 0 radical (unpaired) electrons. The average molecular weight is 379 g/mol. The van der Waals surface area contributed by atoms with Gasteiger partial charge in [-0.3, -0.25) is 9.59 Å². The number of benzene rings is 2. The number of rotatable bonds is 5. The highest BCUT2D eigenvalue weighted by Gasteiger charge is 2.35. The van der Waals surface area contributed by atoms with E-state index in [-0.39, 0.29) is 24.3 Å². The summed E-state index contributed by atoms with van der Waals surface area (Å²) in [6, 6.07) is 15.1. The Bertz CT molecular complexity index is 1040. The number of ether oxygens (including phenoxy) is 2. The van der Waals surface area contributed by atoms with Gasteiger partial charge in [0.05, 0.1) is 25.3 Å². The Morgan fingerprint density at radius 1 is 1.18 bits per heavy atom. The van der Waals surface area contributed by atoms with E-state index in [4.69, 9.17) is 14.5 Å². The molecule has 0 saturated carbocycles. The van der Waals surface area contributed by atoms with Crippen molar-refractivity contribution in [3.63, 3.8) is 0 Å². The number of aromatic nitrogens is 2. The second-order valence-corrected chi connectivity index (χ2v) is 6.73. The van der Waals surface area contributed by atoms with Crippen LogP contribution in [0.4, 0.5) is 5.69 Å². The van der Waals surface area contributed by atoms with Crippen LogP contribution in [0.2, 0.25) is 0 Å². The van der Waals surface area contributed by atoms with E-state index in [1.54, 1.807) is 12.0 Å². The summed E-state index contributed by atoms with van der Waals surface area (Å²) in [5, 5.41) is 0. The number of imidazole rings is 1. The first kappa shape index (κ1) is 18.0. The topological polar surface area (TPSA) is 73.7 Å². The van der Waals surface area contributed by atoms with Crippen LogP contribution in [0.3, 0.4) is 0 Å². The Morgan fingerprint density at radius 3 is 2.79 bits per heavy atom. The molecule has 144 valence electrons. The summed E-state index contributed by atoms with van der Waals surface area (Å²) in [5.41, 5.74) is 2.45. The minimum absolute atomic E-state index is 0.0231. The minimum atomic E-state index is -0.349. The average Bonchev–Trinajstić information content (AvgIpc) is 3.28. The molecular formula is C21H21N3O4. The van der Waals surface area contributed by atoms with Crippen molar-refractivity contribution in [3.8, 4) is 5.75 Å². The smallest absolute Gasteiger partial charge is 0.325 e. The molecule has 4 rings (SSSR count). The first-order valence-electron chi connectivity index (χ1n) is 9.07. The number of esters is 1. The largest absolute Gasteiger partial charge is 0.497 e. The number of carbonyl (C=O) groups is 2. The quantitative estimate of drug-likeness (QED) is 0.638. The van der Waals surface area contributed by atoms with Gasteiger partial charge < -0.3 is 18.9 Å². The van der Waals surface area contributed by atoms with Gasteiger partial charge in [-0.2, -0.15) is 0 Å². The summed E-state index contributed by atoms with van der Waals surface area (Å²) in [6.07, 6.45) is 0.335. The Hall–Kier alpha value is -3.35. The minimum Gasteiger partial charge on any atom is -0.497 e. The van der Waals surface area contributed by atoms with Crippen LogP contribution in [0, 0.1) is 0 Å². The second kappa shape index (κ2) is 7.34. The van der Waals surface area contributed by atoms with Crippen molar-refractivity contribution in [3.05, 3.63) is 54.4 Å². The SMILES string of the molecule is COC(=O)Cn1c([C@H]2CC(=O)N(c3cccc(OC)c3)C2)nc2ccccc21. The van der Waals surface area contributed by atoms with E-state index < -0.39 is 0 Å². The number of fused-ring (bicyclic) bond motifs is 1. The van der Waals surface area contributed by atoms with Gasteiger partial charge >= 0.3 is 5.97 Å². The summed E-state index contributed by atoms with van der Waals surface area (Å²) in [6.45, 7) is 0.562. The number of carbonyl (C=O) groups excluding carboxylic acids is 2. The van der Waals surface area contributed by atoms with Gasteiger partial charge in [-0.15, -0.1) is 0 Å². The van der Waals surface area contributed by atoms with Crippen LogP contribution >= 0.6 is 0 Å². The summed E-state index contributed by atoms with van der Waals surface area (Å²) in [7, 11) is 2.97. The van der Waals surface area contributed by atoms with Crippen molar-refractivity contribution in [1.82, 2.24) is 9.55 Å². The van der Waals surface area contributed by atoms with Crippen molar-refractivity contribution in [1.29, 1.82) is 0 Å². The zero-order valence-corrected chi connectivity index (χ0v) is 15.8. The van der Waals surface area contributed by atoms with E-state index in [9.17, 15) is 9.59 Å². The van der Waals surface area contributed by atoms with E-state index in [0.29, 0.717) is 18.7 Å². The van der Waals surface area contributed by atoms with E-state index in [1.165, 1.54) is 7.11 Å². The van der Waals surface area contributed by atoms with Gasteiger partial charge in [0.15, 0.2) is 0 Å². The monoisotopic (exact) mass is 379 g/mol. The fourth-order valence-electron chi connectivity index (χ4n) is 3.67. The van der Waals surface area contributed by atoms with Crippen molar-refractivity contribution >= 4 is 28.6 Å². The predicted molar refractivity (Wildman–Crippen MR) is 104 cm³/mol. The summed E-state index contributed by atoms with van der Waals surface area (Å²) in [5.74, 6) is 0.987. The zero-order valence-electron chi connectivity index (χ0n) is 15.8. The lowest BCUT2D eigenvalue weighted by Crippen LogP contribution is -2.24. The third kappa shape index (κ3) is 3.19. The molecule has 28 heavy (non-hydrogen) atoms. The van der Waals surface area contributed by atoms with Crippen LogP contribution < -0.4 is 9.64 Å². The molecule has 0 N–H and O–H groups in total. The molecule has 0 aliphatic carbocycles. The lowest BCUT2D eigenvalue weighted by atomic mass is 10.1. The second-order valence-electron chi connectivity index (χ2n) is 6.73. The van der Waals surface area contributed by atoms with Gasteiger partial charge in [0.25, 0.3) is 0 Å². The normalized spacial score (nSPS) is 16.6. The molecule has 0 unspecified atom stereocenters. The summed E-state index contributed by atoms with van der Waals surface area (Å²) in [4.78, 5) is 31.1. The van der Waals surface area contributed by atoms with Gasteiger partial charge in [-0.05, 0) is 24.3 Å². The molecule has 0 spiro atoms. The van der Waals surface area contributed by atoms with Gasteiger partial charge in [0.1, 0.15) is 18.1 Å². The zero-order chi connectivity index (χ0) is 19.7. The van der Waals surface area contributed by atoms with E-state index in [0.717, 1.165) is 22.5 Å². The first-order valence-corrected chi connectivity index (χ1v) is 9.07. The molecule has 1 aromatic heterocycles. The third-order valence-electron chi connectivity index (χ3n) is 5.05. The fraction of sp³-hybridized carbons (Fsp3) is 0.286. The molecule has 2 heterocycles. The number of hydrogen-bond donors (Lipinski definition) is 0. The van der Waals surface area contributed by atoms with E-state index in [2.05, 4.69) is 0 Å². The van der Waals surface area contributed by atoms with Crippen molar-refractivity contribution in [2.75, 3.05) is 25.7 Å². The number of nitrogens with zero attached hydrogens (tertiary/aromatic N) is 3. The van der Waals surface area contributed by atoms with Crippen LogP contribution in [-0.2, 0) is 20.9 Å². The van der Waals surface area contributed by atoms with E-state index >= 15 is 0 Å². The number of para-hydroxylation sites is 2. The van der Waals surface area contributed by atoms with Gasteiger partial charge in [-0.1, -0.05) is 18.2 Å². The Morgan fingerprint density at radius 2 is 2.00 bits per heavy atom. The molecule has 3 aromatic rings. The van der Waals surface area contributed by atoms with Crippen LogP contribution in [0.1, 0.15) is 18.2 Å². The fourth-order valence-corrected chi connectivity index (χ4v) is 3.67.